The van der Waals surface area contributed by atoms with Gasteiger partial charge in [-0.2, -0.15) is 0 Å². The van der Waals surface area contributed by atoms with Crippen molar-refractivity contribution in [1.82, 2.24) is 0 Å². The van der Waals surface area contributed by atoms with Gasteiger partial charge in [0.05, 0.1) is 0 Å². The van der Waals surface area contributed by atoms with Crippen LogP contribution in [0.5, 0.6) is 0 Å². The van der Waals surface area contributed by atoms with Crippen molar-refractivity contribution in [2.45, 2.75) is 6.92 Å². The minimum absolute atomic E-state index is 0.324. The third-order valence-electron chi connectivity index (χ3n) is 1.35. The number of hydrogen-bond donors (Lipinski definition) is 2. The van der Waals surface area contributed by atoms with E-state index in [1.807, 2.05) is 6.92 Å². The Morgan fingerprint density at radius 3 is 2.33 bits per heavy atom. The monoisotopic (exact) mass is 170 g/mol. The van der Waals surface area contributed by atoms with E-state index in [-0.39, 0.29) is 5.95 Å². The highest BCUT2D eigenvalue weighted by Gasteiger charge is 2.09. The summed E-state index contributed by atoms with van der Waals surface area (Å²) in [6.45, 7) is 2.50. The van der Waals surface area contributed by atoms with E-state index in [4.69, 9.17) is 5.73 Å². The van der Waals surface area contributed by atoms with Crippen molar-refractivity contribution < 1.29 is 9.46 Å². The van der Waals surface area contributed by atoms with Crippen LogP contribution in [0, 0.1) is 10.4 Å². The SMILES string of the molecule is CCNc1c[n+]([O-])c(N)[n+]([O-])c1. The zero-order valence-electron chi connectivity index (χ0n) is 6.65. The van der Waals surface area contributed by atoms with Gasteiger partial charge in [0, 0.05) is 6.54 Å². The molecule has 1 rings (SSSR count). The summed E-state index contributed by atoms with van der Waals surface area (Å²) in [4.78, 5) is 0. The maximum absolute atomic E-state index is 10.9. The fraction of sp³-hybridized carbons (Fsp3) is 0.333. The molecule has 0 spiro atoms. The second-order valence-electron chi connectivity index (χ2n) is 2.25. The molecule has 3 N–H and O–H groups in total. The molecule has 1 aromatic rings. The molecule has 0 saturated heterocycles. The summed E-state index contributed by atoms with van der Waals surface area (Å²) in [5, 5.41) is 24.6. The molecule has 0 aliphatic carbocycles. The van der Waals surface area contributed by atoms with Crippen molar-refractivity contribution in [3.05, 3.63) is 22.8 Å². The van der Waals surface area contributed by atoms with Gasteiger partial charge in [0.1, 0.15) is 5.69 Å². The van der Waals surface area contributed by atoms with E-state index in [2.05, 4.69) is 5.32 Å². The molecular formula is C6H10N4O2. The smallest absolute Gasteiger partial charge is 0.535 e. The Bertz CT molecular complexity index is 266. The summed E-state index contributed by atoms with van der Waals surface area (Å²) < 4.78 is 0.649. The first-order valence-electron chi connectivity index (χ1n) is 3.51. The van der Waals surface area contributed by atoms with Crippen LogP contribution in [0.3, 0.4) is 0 Å². The molecule has 0 aliphatic heterocycles. The number of nitrogens with one attached hydrogen (secondary N) is 1. The second kappa shape index (κ2) is 3.12. The molecule has 0 amide bonds. The van der Waals surface area contributed by atoms with Gasteiger partial charge < -0.3 is 15.7 Å². The molecule has 1 aromatic heterocycles. The van der Waals surface area contributed by atoms with Crippen molar-refractivity contribution in [1.29, 1.82) is 0 Å². The van der Waals surface area contributed by atoms with Gasteiger partial charge in [0.15, 0.2) is 12.4 Å². The van der Waals surface area contributed by atoms with Crippen LogP contribution in [-0.2, 0) is 0 Å². The predicted molar refractivity (Wildman–Crippen MR) is 42.9 cm³/mol. The van der Waals surface area contributed by atoms with Crippen molar-refractivity contribution in [2.75, 3.05) is 17.6 Å². The van der Waals surface area contributed by atoms with Gasteiger partial charge in [0.25, 0.3) is 0 Å². The molecule has 0 unspecified atom stereocenters. The summed E-state index contributed by atoms with van der Waals surface area (Å²) in [6, 6.07) is 0. The number of hydrogen-bond acceptors (Lipinski definition) is 4. The van der Waals surface area contributed by atoms with Crippen LogP contribution in [0.25, 0.3) is 0 Å². The zero-order chi connectivity index (χ0) is 9.14. The lowest BCUT2D eigenvalue weighted by Crippen LogP contribution is -2.45. The highest BCUT2D eigenvalue weighted by molar-refractivity contribution is 5.34. The van der Waals surface area contributed by atoms with Gasteiger partial charge in [-0.1, -0.05) is 0 Å². The first-order chi connectivity index (χ1) is 5.65. The van der Waals surface area contributed by atoms with Crippen LogP contribution in [0.15, 0.2) is 12.4 Å². The molecule has 66 valence electrons. The number of rotatable bonds is 2. The molecule has 0 fully saturated rings. The summed E-state index contributed by atoms with van der Waals surface area (Å²) >= 11 is 0. The number of nitrogens with zero attached hydrogens (tertiary/aromatic N) is 2. The van der Waals surface area contributed by atoms with Gasteiger partial charge in [-0.25, -0.2) is 5.73 Å². The Balaban J connectivity index is 3.04. The summed E-state index contributed by atoms with van der Waals surface area (Å²) in [7, 11) is 0. The van der Waals surface area contributed by atoms with Crippen LogP contribution in [0.1, 0.15) is 6.92 Å². The number of anilines is 2. The zero-order valence-corrected chi connectivity index (χ0v) is 6.65. The third-order valence-corrected chi connectivity index (χ3v) is 1.35. The minimum Gasteiger partial charge on any atom is -0.675 e. The second-order valence-corrected chi connectivity index (χ2v) is 2.25. The third kappa shape index (κ3) is 1.47. The fourth-order valence-corrected chi connectivity index (χ4v) is 0.811. The van der Waals surface area contributed by atoms with Crippen LogP contribution in [0.4, 0.5) is 11.6 Å². The van der Waals surface area contributed by atoms with Crippen LogP contribution in [-0.4, -0.2) is 6.54 Å². The quantitative estimate of drug-likeness (QED) is 0.438. The molecular weight excluding hydrogens is 160 g/mol. The minimum atomic E-state index is -0.378. The number of nitrogen functional groups attached to an aromatic ring is 1. The highest BCUT2D eigenvalue weighted by atomic mass is 16.5. The lowest BCUT2D eigenvalue weighted by molar-refractivity contribution is -0.717. The van der Waals surface area contributed by atoms with Gasteiger partial charge >= 0.3 is 5.95 Å². The van der Waals surface area contributed by atoms with E-state index in [1.54, 1.807) is 0 Å². The summed E-state index contributed by atoms with van der Waals surface area (Å²) in [5.41, 5.74) is 5.58. The summed E-state index contributed by atoms with van der Waals surface area (Å²) in [5.74, 6) is -0.378. The van der Waals surface area contributed by atoms with Crippen LogP contribution >= 0.6 is 0 Å². The molecule has 1 heterocycles. The van der Waals surface area contributed by atoms with Crippen molar-refractivity contribution in [3.8, 4) is 0 Å². The van der Waals surface area contributed by atoms with E-state index in [0.717, 1.165) is 0 Å². The Labute approximate surface area is 69.4 Å². The molecule has 6 nitrogen and oxygen atoms in total. The largest absolute Gasteiger partial charge is 0.675 e. The fourth-order valence-electron chi connectivity index (χ4n) is 0.811. The molecule has 0 bridgehead atoms. The molecule has 12 heavy (non-hydrogen) atoms. The Kier molecular flexibility index (Phi) is 2.18. The van der Waals surface area contributed by atoms with E-state index < -0.39 is 0 Å². The number of nitrogens with two attached hydrogens (primary N) is 1. The van der Waals surface area contributed by atoms with E-state index in [1.165, 1.54) is 12.4 Å². The normalized spacial score (nSPS) is 9.75. The van der Waals surface area contributed by atoms with Crippen LogP contribution < -0.4 is 20.5 Å². The Morgan fingerprint density at radius 2 is 1.92 bits per heavy atom. The first kappa shape index (κ1) is 8.38. The lowest BCUT2D eigenvalue weighted by atomic mass is 10.5. The van der Waals surface area contributed by atoms with Gasteiger partial charge in [-0.15, -0.1) is 9.46 Å². The van der Waals surface area contributed by atoms with Crippen molar-refractivity contribution >= 4 is 11.6 Å². The van der Waals surface area contributed by atoms with Gasteiger partial charge in [-0.3, -0.25) is 0 Å². The first-order valence-corrected chi connectivity index (χ1v) is 3.51. The molecule has 0 atom stereocenters. The van der Waals surface area contributed by atoms with Gasteiger partial charge in [0.2, 0.25) is 0 Å². The Hall–Kier alpha value is -1.72. The van der Waals surface area contributed by atoms with Crippen molar-refractivity contribution in [3.63, 3.8) is 0 Å². The summed E-state index contributed by atoms with van der Waals surface area (Å²) in [6.07, 6.45) is 2.43. The topological polar surface area (TPSA) is 91.9 Å². The highest BCUT2D eigenvalue weighted by Crippen LogP contribution is 1.98. The standard InChI is InChI=1S/C6H10N4O2/c1-2-8-5-3-9(11)6(7)10(12)4-5/h3-4,8H,2,7H2,1H3. The van der Waals surface area contributed by atoms with Crippen LogP contribution in [0.2, 0.25) is 0 Å². The Morgan fingerprint density at radius 1 is 1.42 bits per heavy atom. The van der Waals surface area contributed by atoms with Crippen molar-refractivity contribution in [2.24, 2.45) is 0 Å². The average molecular weight is 170 g/mol. The molecule has 6 heteroatoms. The van der Waals surface area contributed by atoms with E-state index in [9.17, 15) is 10.4 Å². The molecule has 0 aliphatic rings. The molecule has 0 aromatic carbocycles. The van der Waals surface area contributed by atoms with Gasteiger partial charge in [-0.05, 0) is 6.92 Å². The lowest BCUT2D eigenvalue weighted by Gasteiger charge is -2.07. The number of aromatic nitrogens is 2. The maximum Gasteiger partial charge on any atom is 0.535 e. The van der Waals surface area contributed by atoms with E-state index >= 15 is 0 Å². The van der Waals surface area contributed by atoms with E-state index in [0.29, 0.717) is 21.7 Å². The molecule has 0 radical (unpaired) electrons. The maximum atomic E-state index is 10.9. The predicted octanol–water partition coefficient (Wildman–Crippen LogP) is -1.03. The average Bonchev–Trinajstić information content (AvgIpc) is 2.01. The molecule has 0 saturated carbocycles.